The summed E-state index contributed by atoms with van der Waals surface area (Å²) in [6, 6.07) is 8.03. The van der Waals surface area contributed by atoms with Gasteiger partial charge in [0.2, 0.25) is 0 Å². The number of fused-ring (bicyclic) bond motifs is 2. The lowest BCUT2D eigenvalue weighted by atomic mass is 9.96. The molecular weight excluding hydrogens is 404 g/mol. The molecule has 3 aliphatic rings. The van der Waals surface area contributed by atoms with Crippen molar-refractivity contribution in [3.05, 3.63) is 68.8 Å². The summed E-state index contributed by atoms with van der Waals surface area (Å²) in [5.74, 6) is -0.384. The van der Waals surface area contributed by atoms with Crippen molar-refractivity contribution in [3.63, 3.8) is 0 Å². The maximum atomic E-state index is 11.7. The average molecular weight is 435 g/mol. The molecular formula is C26H30N2O4. The van der Waals surface area contributed by atoms with Gasteiger partial charge in [-0.05, 0) is 61.1 Å². The fraction of sp³-hybridized carbons (Fsp3) is 0.462. The molecule has 32 heavy (non-hydrogen) atoms. The smallest absolute Gasteiger partial charge is 0.338 e. The molecule has 6 nitrogen and oxygen atoms in total. The molecule has 0 bridgehead atoms. The molecule has 168 valence electrons. The fourth-order valence-corrected chi connectivity index (χ4v) is 5.13. The summed E-state index contributed by atoms with van der Waals surface area (Å²) < 4.78 is 10.4. The Labute approximate surface area is 189 Å². The number of cyclic esters (lactones) is 2. The highest BCUT2D eigenvalue weighted by molar-refractivity contribution is 5.94. The molecule has 3 heterocycles. The average Bonchev–Trinajstić information content (AvgIpc) is 3.37. The van der Waals surface area contributed by atoms with Crippen molar-refractivity contribution in [3.8, 4) is 0 Å². The third-order valence-corrected chi connectivity index (χ3v) is 7.42. The van der Waals surface area contributed by atoms with E-state index in [0.29, 0.717) is 13.2 Å². The molecule has 1 saturated heterocycles. The molecule has 2 aromatic rings. The quantitative estimate of drug-likeness (QED) is 0.652. The van der Waals surface area contributed by atoms with Crippen LogP contribution in [0.25, 0.3) is 0 Å². The summed E-state index contributed by atoms with van der Waals surface area (Å²) in [6.45, 7) is 11.5. The second-order valence-electron chi connectivity index (χ2n) is 9.09. The van der Waals surface area contributed by atoms with Gasteiger partial charge in [0, 0.05) is 50.4 Å². The van der Waals surface area contributed by atoms with Crippen LogP contribution in [0, 0.1) is 13.8 Å². The van der Waals surface area contributed by atoms with Crippen LogP contribution >= 0.6 is 0 Å². The van der Waals surface area contributed by atoms with Gasteiger partial charge < -0.3 is 19.3 Å². The van der Waals surface area contributed by atoms with Gasteiger partial charge in [0.1, 0.15) is 13.2 Å². The number of piperazine rings is 1. The van der Waals surface area contributed by atoms with Crippen LogP contribution in [0.15, 0.2) is 24.3 Å². The predicted molar refractivity (Wildman–Crippen MR) is 121 cm³/mol. The summed E-state index contributed by atoms with van der Waals surface area (Å²) in [5, 5.41) is 0. The largest absolute Gasteiger partial charge is 0.457 e. The number of nitrogens with zero attached hydrogens (tertiary/aromatic N) is 2. The minimum Gasteiger partial charge on any atom is -0.457 e. The second-order valence-corrected chi connectivity index (χ2v) is 9.09. The van der Waals surface area contributed by atoms with E-state index >= 15 is 0 Å². The van der Waals surface area contributed by atoms with Crippen LogP contribution in [0.4, 0.5) is 0 Å². The van der Waals surface area contributed by atoms with Crippen LogP contribution in [0.1, 0.15) is 54.1 Å². The van der Waals surface area contributed by atoms with E-state index in [2.05, 4.69) is 35.8 Å². The van der Waals surface area contributed by atoms with Crippen molar-refractivity contribution in [2.75, 3.05) is 39.3 Å². The third kappa shape index (κ3) is 3.93. The van der Waals surface area contributed by atoms with Gasteiger partial charge in [0.05, 0.1) is 11.1 Å². The molecule has 0 saturated carbocycles. The van der Waals surface area contributed by atoms with E-state index in [-0.39, 0.29) is 11.9 Å². The van der Waals surface area contributed by atoms with Gasteiger partial charge in [-0.2, -0.15) is 0 Å². The molecule has 5 rings (SSSR count). The van der Waals surface area contributed by atoms with Gasteiger partial charge in [-0.15, -0.1) is 0 Å². The number of ether oxygens (including phenoxy) is 2. The molecule has 3 aliphatic heterocycles. The number of carbonyl (C=O) groups excluding carboxylic acids is 2. The van der Waals surface area contributed by atoms with E-state index in [1.807, 2.05) is 12.1 Å². The highest BCUT2D eigenvalue weighted by atomic mass is 16.5. The van der Waals surface area contributed by atoms with Gasteiger partial charge in [-0.3, -0.25) is 0 Å². The van der Waals surface area contributed by atoms with Crippen LogP contribution in [0.3, 0.4) is 0 Å². The molecule has 0 atom stereocenters. The zero-order chi connectivity index (χ0) is 22.2. The lowest BCUT2D eigenvalue weighted by Gasteiger charge is -2.35. The van der Waals surface area contributed by atoms with Gasteiger partial charge >= 0.3 is 11.9 Å². The highest BCUT2D eigenvalue weighted by Crippen LogP contribution is 2.27. The first-order chi connectivity index (χ1) is 15.5. The van der Waals surface area contributed by atoms with E-state index < -0.39 is 0 Å². The normalized spacial score (nSPS) is 18.4. The molecule has 0 N–H and O–H groups in total. The Bertz CT molecular complexity index is 984. The van der Waals surface area contributed by atoms with Crippen molar-refractivity contribution in [1.82, 2.24) is 9.80 Å². The zero-order valence-electron chi connectivity index (χ0n) is 18.9. The molecule has 0 spiro atoms. The standard InChI is InChI=1S/C26H30N2O4/c1-17-19(3-5-21-23(17)15-31-25(21)29)7-9-27-11-13-28(14-12-27)10-8-20-4-6-22-24(18(20)2)16-32-26(22)30/h3-6H,7-16H2,1-2H3. The lowest BCUT2D eigenvalue weighted by Crippen LogP contribution is -2.47. The Balaban J connectivity index is 1.10. The predicted octanol–water partition coefficient (Wildman–Crippen LogP) is 3.05. The number of hydrogen-bond donors (Lipinski definition) is 0. The van der Waals surface area contributed by atoms with E-state index in [0.717, 1.165) is 74.4 Å². The first-order valence-electron chi connectivity index (χ1n) is 11.5. The Kier molecular flexibility index (Phi) is 5.74. The fourth-order valence-electron chi connectivity index (χ4n) is 5.13. The molecule has 0 aromatic heterocycles. The molecule has 1 fully saturated rings. The van der Waals surface area contributed by atoms with Gasteiger partial charge in [-0.25, -0.2) is 9.59 Å². The number of carbonyl (C=O) groups is 2. The monoisotopic (exact) mass is 434 g/mol. The molecule has 0 radical (unpaired) electrons. The summed E-state index contributed by atoms with van der Waals surface area (Å²) in [6.07, 6.45) is 2.00. The van der Waals surface area contributed by atoms with Crippen LogP contribution in [0.2, 0.25) is 0 Å². The SMILES string of the molecule is Cc1c(CCN2CCN(CCc3ccc4c(c3C)COC4=O)CC2)ccc2c1COC2=O. The van der Waals surface area contributed by atoms with Crippen LogP contribution < -0.4 is 0 Å². The molecule has 6 heteroatoms. The molecule has 2 aromatic carbocycles. The van der Waals surface area contributed by atoms with E-state index in [9.17, 15) is 9.59 Å². The summed E-state index contributed by atoms with van der Waals surface area (Å²) in [7, 11) is 0. The zero-order valence-corrected chi connectivity index (χ0v) is 18.9. The van der Waals surface area contributed by atoms with Crippen molar-refractivity contribution in [2.45, 2.75) is 39.9 Å². The van der Waals surface area contributed by atoms with E-state index in [1.165, 1.54) is 22.3 Å². The topological polar surface area (TPSA) is 59.1 Å². The first kappa shape index (κ1) is 21.2. The van der Waals surface area contributed by atoms with Crippen molar-refractivity contribution >= 4 is 11.9 Å². The molecule has 0 amide bonds. The maximum absolute atomic E-state index is 11.7. The highest BCUT2D eigenvalue weighted by Gasteiger charge is 2.25. The Morgan fingerprint density at radius 3 is 1.50 bits per heavy atom. The third-order valence-electron chi connectivity index (χ3n) is 7.42. The number of rotatable bonds is 6. The molecule has 0 aliphatic carbocycles. The Morgan fingerprint density at radius 2 is 1.09 bits per heavy atom. The van der Waals surface area contributed by atoms with Crippen LogP contribution in [-0.2, 0) is 35.5 Å². The Hall–Kier alpha value is -2.70. The van der Waals surface area contributed by atoms with Crippen molar-refractivity contribution in [1.29, 1.82) is 0 Å². The molecule has 0 unspecified atom stereocenters. The summed E-state index contributed by atoms with van der Waals surface area (Å²) in [5.41, 5.74) is 8.66. The summed E-state index contributed by atoms with van der Waals surface area (Å²) >= 11 is 0. The minimum absolute atomic E-state index is 0.192. The van der Waals surface area contributed by atoms with Gasteiger partial charge in [0.25, 0.3) is 0 Å². The van der Waals surface area contributed by atoms with Crippen LogP contribution in [-0.4, -0.2) is 61.0 Å². The van der Waals surface area contributed by atoms with Gasteiger partial charge in [0.15, 0.2) is 0 Å². The Morgan fingerprint density at radius 1 is 0.688 bits per heavy atom. The first-order valence-corrected chi connectivity index (χ1v) is 11.5. The van der Waals surface area contributed by atoms with Crippen molar-refractivity contribution in [2.24, 2.45) is 0 Å². The number of esters is 2. The number of benzene rings is 2. The van der Waals surface area contributed by atoms with E-state index in [1.54, 1.807) is 0 Å². The summed E-state index contributed by atoms with van der Waals surface area (Å²) in [4.78, 5) is 28.5. The number of hydrogen-bond acceptors (Lipinski definition) is 6. The maximum Gasteiger partial charge on any atom is 0.338 e. The lowest BCUT2D eigenvalue weighted by molar-refractivity contribution is 0.0526. The van der Waals surface area contributed by atoms with Gasteiger partial charge in [-0.1, -0.05) is 12.1 Å². The second kappa shape index (κ2) is 8.68. The van der Waals surface area contributed by atoms with Crippen LogP contribution in [0.5, 0.6) is 0 Å². The van der Waals surface area contributed by atoms with Crippen molar-refractivity contribution < 1.29 is 19.1 Å². The minimum atomic E-state index is -0.192. The van der Waals surface area contributed by atoms with E-state index in [4.69, 9.17) is 9.47 Å².